The number of nitrogens with zero attached hydrogens (tertiary/aromatic N) is 2. The van der Waals surface area contributed by atoms with Crippen LogP contribution in [0.1, 0.15) is 33.1 Å². The fourth-order valence-electron chi connectivity index (χ4n) is 3.63. The molecule has 2 fully saturated rings. The molecule has 0 aromatic heterocycles. The van der Waals surface area contributed by atoms with E-state index in [1.165, 1.54) is 0 Å². The molecule has 0 radical (unpaired) electrons. The Bertz CT molecular complexity index is 657. The maximum atomic E-state index is 12.6. The zero-order chi connectivity index (χ0) is 18.7. The molecular formula is C19H26ClN3O2S. The van der Waals surface area contributed by atoms with Gasteiger partial charge < -0.3 is 15.1 Å². The highest BCUT2D eigenvalue weighted by molar-refractivity contribution is 8.00. The number of hydrogen-bond acceptors (Lipinski definition) is 3. The number of anilines is 1. The number of carbonyl (C=O) groups is 2. The smallest absolute Gasteiger partial charge is 0.321 e. The van der Waals surface area contributed by atoms with Gasteiger partial charge in [-0.15, -0.1) is 11.8 Å². The van der Waals surface area contributed by atoms with Gasteiger partial charge in [0.25, 0.3) is 0 Å². The Morgan fingerprint density at radius 1 is 1.19 bits per heavy atom. The van der Waals surface area contributed by atoms with E-state index in [2.05, 4.69) is 24.1 Å². The number of amides is 3. The number of piperidine rings is 1. The van der Waals surface area contributed by atoms with Crippen molar-refractivity contribution in [3.8, 4) is 0 Å². The first kappa shape index (κ1) is 19.4. The van der Waals surface area contributed by atoms with Crippen LogP contribution in [-0.4, -0.2) is 52.0 Å². The Kier molecular flexibility index (Phi) is 6.03. The molecule has 0 aliphatic carbocycles. The van der Waals surface area contributed by atoms with Gasteiger partial charge in [-0.25, -0.2) is 4.79 Å². The van der Waals surface area contributed by atoms with Crippen molar-refractivity contribution in [2.75, 3.05) is 30.7 Å². The molecule has 2 saturated heterocycles. The summed E-state index contributed by atoms with van der Waals surface area (Å²) in [6.45, 7) is 6.32. The van der Waals surface area contributed by atoms with Crippen LogP contribution in [0.2, 0.25) is 5.02 Å². The summed E-state index contributed by atoms with van der Waals surface area (Å²) in [7, 11) is 0. The Labute approximate surface area is 164 Å². The van der Waals surface area contributed by atoms with Crippen molar-refractivity contribution in [1.29, 1.82) is 0 Å². The minimum Gasteiger partial charge on any atom is -0.327 e. The Hall–Kier alpha value is -1.40. The van der Waals surface area contributed by atoms with Crippen molar-refractivity contribution >= 4 is 41.0 Å². The topological polar surface area (TPSA) is 52.7 Å². The number of thioether (sulfide) groups is 1. The molecular weight excluding hydrogens is 370 g/mol. The van der Waals surface area contributed by atoms with Crippen LogP contribution in [0.5, 0.6) is 0 Å². The average molecular weight is 396 g/mol. The van der Waals surface area contributed by atoms with Crippen molar-refractivity contribution < 1.29 is 9.59 Å². The van der Waals surface area contributed by atoms with E-state index in [1.54, 1.807) is 24.3 Å². The summed E-state index contributed by atoms with van der Waals surface area (Å²) in [6.07, 6.45) is 2.26. The number of halogens is 1. The van der Waals surface area contributed by atoms with Crippen molar-refractivity contribution in [1.82, 2.24) is 9.80 Å². The van der Waals surface area contributed by atoms with E-state index in [-0.39, 0.29) is 16.8 Å². The van der Waals surface area contributed by atoms with Crippen LogP contribution in [-0.2, 0) is 4.79 Å². The van der Waals surface area contributed by atoms with Gasteiger partial charge in [0, 0.05) is 42.5 Å². The van der Waals surface area contributed by atoms with Crippen LogP contribution < -0.4 is 5.32 Å². The second-order valence-corrected chi connectivity index (χ2v) is 9.26. The summed E-state index contributed by atoms with van der Waals surface area (Å²) in [5.41, 5.74) is 0.740. The largest absolute Gasteiger partial charge is 0.327 e. The maximum absolute atomic E-state index is 12.6. The number of nitrogens with one attached hydrogen (secondary N) is 1. The zero-order valence-corrected chi connectivity index (χ0v) is 16.9. The number of hydrogen-bond donors (Lipinski definition) is 1. The van der Waals surface area contributed by atoms with E-state index in [0.29, 0.717) is 30.5 Å². The highest BCUT2D eigenvalue weighted by atomic mass is 35.5. The average Bonchev–Trinajstić information content (AvgIpc) is 3.00. The van der Waals surface area contributed by atoms with Gasteiger partial charge >= 0.3 is 6.03 Å². The molecule has 3 rings (SSSR count). The fraction of sp³-hybridized carbons (Fsp3) is 0.579. The summed E-state index contributed by atoms with van der Waals surface area (Å²) in [5, 5.41) is 3.56. The number of likely N-dealkylation sites (tertiary alicyclic amines) is 1. The first-order valence-corrected chi connectivity index (χ1v) is 10.5. The van der Waals surface area contributed by atoms with Crippen LogP contribution in [0.3, 0.4) is 0 Å². The van der Waals surface area contributed by atoms with E-state index in [9.17, 15) is 9.59 Å². The van der Waals surface area contributed by atoms with Crippen LogP contribution in [0.15, 0.2) is 24.3 Å². The Morgan fingerprint density at radius 2 is 1.85 bits per heavy atom. The van der Waals surface area contributed by atoms with E-state index in [0.717, 1.165) is 30.8 Å². The van der Waals surface area contributed by atoms with Gasteiger partial charge in [0.05, 0.1) is 4.87 Å². The molecule has 0 atom stereocenters. The van der Waals surface area contributed by atoms with Gasteiger partial charge in [0.15, 0.2) is 0 Å². The maximum Gasteiger partial charge on any atom is 0.321 e. The molecule has 2 aliphatic heterocycles. The third-order valence-electron chi connectivity index (χ3n) is 4.99. The lowest BCUT2D eigenvalue weighted by Gasteiger charge is -2.44. The van der Waals surface area contributed by atoms with Gasteiger partial charge in [-0.1, -0.05) is 25.4 Å². The highest BCUT2D eigenvalue weighted by Gasteiger charge is 2.46. The minimum absolute atomic E-state index is 0.0924. The predicted molar refractivity (Wildman–Crippen MR) is 108 cm³/mol. The molecule has 142 valence electrons. The number of benzene rings is 1. The molecule has 0 unspecified atom stereocenters. The molecule has 2 heterocycles. The number of urea groups is 1. The standard InChI is InChI=1S/C19H26ClN3O2S/c1-14(2)13-17(24)23-11-12-26-19(23)7-9-22(10-8-19)18(25)21-16-5-3-15(20)4-6-16/h3-6,14H,7-13H2,1-2H3,(H,21,25). The third kappa shape index (κ3) is 4.29. The van der Waals surface area contributed by atoms with Crippen molar-refractivity contribution in [2.45, 2.75) is 38.0 Å². The fourth-order valence-corrected chi connectivity index (χ4v) is 5.23. The van der Waals surface area contributed by atoms with Crippen LogP contribution in [0.25, 0.3) is 0 Å². The third-order valence-corrected chi connectivity index (χ3v) is 6.79. The van der Waals surface area contributed by atoms with Gasteiger partial charge in [-0.2, -0.15) is 0 Å². The van der Waals surface area contributed by atoms with Gasteiger partial charge in [-0.05, 0) is 43.0 Å². The predicted octanol–water partition coefficient (Wildman–Crippen LogP) is 4.29. The molecule has 1 aromatic carbocycles. The summed E-state index contributed by atoms with van der Waals surface area (Å²) in [5.74, 6) is 1.61. The minimum atomic E-state index is -0.122. The van der Waals surface area contributed by atoms with Crippen molar-refractivity contribution in [3.63, 3.8) is 0 Å². The zero-order valence-electron chi connectivity index (χ0n) is 15.3. The first-order chi connectivity index (χ1) is 12.4. The lowest BCUT2D eigenvalue weighted by Crippen LogP contribution is -2.54. The lowest BCUT2D eigenvalue weighted by atomic mass is 10.0. The van der Waals surface area contributed by atoms with Gasteiger partial charge in [0.2, 0.25) is 5.91 Å². The normalized spacial score (nSPS) is 19.2. The highest BCUT2D eigenvalue weighted by Crippen LogP contribution is 2.44. The van der Waals surface area contributed by atoms with Crippen LogP contribution >= 0.6 is 23.4 Å². The Morgan fingerprint density at radius 3 is 2.46 bits per heavy atom. The molecule has 0 bridgehead atoms. The monoisotopic (exact) mass is 395 g/mol. The molecule has 0 saturated carbocycles. The first-order valence-electron chi connectivity index (χ1n) is 9.15. The van der Waals surface area contributed by atoms with Gasteiger partial charge in [-0.3, -0.25) is 4.79 Å². The van der Waals surface area contributed by atoms with E-state index >= 15 is 0 Å². The Balaban J connectivity index is 1.58. The molecule has 1 N–H and O–H groups in total. The van der Waals surface area contributed by atoms with Gasteiger partial charge in [0.1, 0.15) is 0 Å². The molecule has 1 aromatic rings. The summed E-state index contributed by atoms with van der Waals surface area (Å²) in [4.78, 5) is 28.9. The quantitative estimate of drug-likeness (QED) is 0.830. The lowest BCUT2D eigenvalue weighted by molar-refractivity contribution is -0.135. The number of rotatable bonds is 3. The van der Waals surface area contributed by atoms with E-state index in [4.69, 9.17) is 11.6 Å². The second kappa shape index (κ2) is 8.09. The molecule has 7 heteroatoms. The molecule has 2 aliphatic rings. The van der Waals surface area contributed by atoms with Crippen LogP contribution in [0, 0.1) is 5.92 Å². The summed E-state index contributed by atoms with van der Waals surface area (Å²) in [6, 6.07) is 7.02. The molecule has 3 amide bonds. The SMILES string of the molecule is CC(C)CC(=O)N1CCSC12CCN(C(=O)Nc1ccc(Cl)cc1)CC2. The second-order valence-electron chi connectivity index (χ2n) is 7.36. The van der Waals surface area contributed by atoms with Crippen LogP contribution in [0.4, 0.5) is 10.5 Å². The van der Waals surface area contributed by atoms with Crippen molar-refractivity contribution in [2.24, 2.45) is 5.92 Å². The summed E-state index contributed by atoms with van der Waals surface area (Å²) < 4.78 is 0. The van der Waals surface area contributed by atoms with Crippen molar-refractivity contribution in [3.05, 3.63) is 29.3 Å². The molecule has 26 heavy (non-hydrogen) atoms. The van der Waals surface area contributed by atoms with E-state index < -0.39 is 0 Å². The summed E-state index contributed by atoms with van der Waals surface area (Å²) >= 11 is 7.76. The molecule has 5 nitrogen and oxygen atoms in total. The van der Waals surface area contributed by atoms with E-state index in [1.807, 2.05) is 16.7 Å². The number of carbonyl (C=O) groups excluding carboxylic acids is 2. The molecule has 1 spiro atoms.